The topological polar surface area (TPSA) is 74.6 Å². The van der Waals surface area contributed by atoms with Crippen molar-refractivity contribution in [1.82, 2.24) is 0 Å². The zero-order valence-electron chi connectivity index (χ0n) is 8.94. The summed E-state index contributed by atoms with van der Waals surface area (Å²) in [5.74, 6) is 0. The van der Waals surface area contributed by atoms with Gasteiger partial charge in [-0.25, -0.2) is 0 Å². The van der Waals surface area contributed by atoms with Gasteiger partial charge >= 0.3 is 10.4 Å². The maximum absolute atomic E-state index is 8.74. The Balaban J connectivity index is 0. The molecule has 0 aliphatic carbocycles. The highest BCUT2D eigenvalue weighted by molar-refractivity contribution is 9.09. The van der Waals surface area contributed by atoms with Gasteiger partial charge in [0.1, 0.15) is 0 Å². The Kier molecular flexibility index (Phi) is 8.04. The third-order valence-corrected chi connectivity index (χ3v) is 1.89. The molecule has 2 N–H and O–H groups in total. The molecule has 0 spiro atoms. The molecule has 0 amide bonds. The second-order valence-corrected chi connectivity index (χ2v) is 6.12. The van der Waals surface area contributed by atoms with Crippen molar-refractivity contribution in [1.29, 1.82) is 0 Å². The van der Waals surface area contributed by atoms with Crippen molar-refractivity contribution in [3.05, 3.63) is 0 Å². The van der Waals surface area contributed by atoms with E-state index in [0.717, 1.165) is 4.48 Å². The lowest BCUT2D eigenvalue weighted by molar-refractivity contribution is -0.887. The third-order valence-electron chi connectivity index (χ3n) is 1.60. The van der Waals surface area contributed by atoms with Crippen molar-refractivity contribution in [3.63, 3.8) is 0 Å². The predicted octanol–water partition coefficient (Wildman–Crippen LogP) is 1.21. The van der Waals surface area contributed by atoms with Crippen LogP contribution in [0.3, 0.4) is 0 Å². The summed E-state index contributed by atoms with van der Waals surface area (Å²) in [5.41, 5.74) is 0. The summed E-state index contributed by atoms with van der Waals surface area (Å²) in [4.78, 5) is 0.632. The van der Waals surface area contributed by atoms with Crippen molar-refractivity contribution in [3.8, 4) is 0 Å². The van der Waals surface area contributed by atoms with Gasteiger partial charge in [-0.15, -0.1) is 0 Å². The summed E-state index contributed by atoms with van der Waals surface area (Å²) in [6.07, 6.45) is 0. The molecule has 0 radical (unpaired) electrons. The van der Waals surface area contributed by atoms with Crippen molar-refractivity contribution < 1.29 is 22.0 Å². The number of hydrogen-bond acceptors (Lipinski definition) is 2. The molecule has 0 aromatic carbocycles. The van der Waals surface area contributed by atoms with Crippen molar-refractivity contribution in [2.45, 2.75) is 18.7 Å². The molecule has 0 saturated heterocycles. The molecule has 14 heavy (non-hydrogen) atoms. The summed E-state index contributed by atoms with van der Waals surface area (Å²) in [7, 11) is -0.171. The van der Waals surface area contributed by atoms with E-state index < -0.39 is 10.4 Å². The van der Waals surface area contributed by atoms with Gasteiger partial charge in [-0.2, -0.15) is 8.42 Å². The van der Waals surface area contributed by atoms with E-state index in [2.05, 4.69) is 43.9 Å². The number of quaternary nitrogens is 1. The van der Waals surface area contributed by atoms with Crippen LogP contribution in [0.25, 0.3) is 0 Å². The summed E-state index contributed by atoms with van der Waals surface area (Å²) in [6.45, 7) is 6.82. The first-order valence-electron chi connectivity index (χ1n) is 4.14. The minimum absolute atomic E-state index is 0.632. The molecule has 0 aliphatic rings. The number of nitrogens with zero attached hydrogens (tertiary/aromatic N) is 1. The van der Waals surface area contributed by atoms with Crippen LogP contribution >= 0.6 is 15.9 Å². The lowest BCUT2D eigenvalue weighted by Crippen LogP contribution is -2.42. The van der Waals surface area contributed by atoms with Gasteiger partial charge < -0.3 is 4.48 Å². The van der Waals surface area contributed by atoms with Crippen LogP contribution in [0.2, 0.25) is 0 Å². The first kappa shape index (κ1) is 16.7. The molecule has 0 rings (SSSR count). The van der Waals surface area contributed by atoms with E-state index in [1.165, 1.54) is 13.1 Å². The van der Waals surface area contributed by atoms with Gasteiger partial charge in [0, 0.05) is 0 Å². The van der Waals surface area contributed by atoms with Crippen molar-refractivity contribution in [2.75, 3.05) is 27.2 Å². The van der Waals surface area contributed by atoms with E-state index in [1.54, 1.807) is 0 Å². The van der Waals surface area contributed by atoms with Gasteiger partial charge in [0.2, 0.25) is 0 Å². The zero-order valence-corrected chi connectivity index (χ0v) is 11.3. The van der Waals surface area contributed by atoms with Crippen LogP contribution in [0.5, 0.6) is 0 Å². The van der Waals surface area contributed by atoms with Gasteiger partial charge in [0.15, 0.2) is 0 Å². The van der Waals surface area contributed by atoms with Crippen LogP contribution in [0, 0.1) is 0 Å². The molecule has 0 aromatic rings. The summed E-state index contributed by atoms with van der Waals surface area (Å²) in [5, 5.41) is 0. The SMILES string of the molecule is CC[N+](C)(C)CC(C)Br.O=S(=O)(O)O. The lowest BCUT2D eigenvalue weighted by Gasteiger charge is -2.29. The molecule has 0 heterocycles. The van der Waals surface area contributed by atoms with E-state index in [-0.39, 0.29) is 0 Å². The maximum Gasteiger partial charge on any atom is 0.394 e. The molecule has 0 bridgehead atoms. The molecule has 0 saturated carbocycles. The fourth-order valence-corrected chi connectivity index (χ4v) is 1.59. The highest BCUT2D eigenvalue weighted by atomic mass is 79.9. The first-order valence-corrected chi connectivity index (χ1v) is 6.45. The Labute approximate surface area is 94.4 Å². The largest absolute Gasteiger partial charge is 0.394 e. The molecule has 0 fully saturated rings. The smallest absolute Gasteiger partial charge is 0.328 e. The first-order chi connectivity index (χ1) is 5.98. The van der Waals surface area contributed by atoms with Crippen molar-refractivity contribution >= 4 is 26.3 Å². The highest BCUT2D eigenvalue weighted by Gasteiger charge is 2.13. The third kappa shape index (κ3) is 22.8. The molecule has 1 atom stereocenters. The zero-order chi connectivity index (χ0) is 12.0. The normalized spacial score (nSPS) is 14.2. The minimum Gasteiger partial charge on any atom is -0.328 e. The average Bonchev–Trinajstić information content (AvgIpc) is 1.80. The molecular weight excluding hydrogens is 274 g/mol. The van der Waals surface area contributed by atoms with Gasteiger partial charge in [0.25, 0.3) is 0 Å². The number of alkyl halides is 1. The van der Waals surface area contributed by atoms with Gasteiger partial charge in [-0.3, -0.25) is 9.11 Å². The summed E-state index contributed by atoms with van der Waals surface area (Å²) < 4.78 is 32.7. The molecule has 7 heteroatoms. The highest BCUT2D eigenvalue weighted by Crippen LogP contribution is 2.04. The Morgan fingerprint density at radius 2 is 1.64 bits per heavy atom. The number of halogens is 1. The molecule has 0 aromatic heterocycles. The Bertz CT molecular complexity index is 230. The van der Waals surface area contributed by atoms with Gasteiger partial charge in [0.05, 0.1) is 32.0 Å². The molecule has 0 aliphatic heterocycles. The fraction of sp³-hybridized carbons (Fsp3) is 1.00. The summed E-state index contributed by atoms with van der Waals surface area (Å²) >= 11 is 3.54. The molecular formula is C7H19BrNO4S+. The lowest BCUT2D eigenvalue weighted by atomic mass is 10.4. The second-order valence-electron chi connectivity index (χ2n) is 3.66. The van der Waals surface area contributed by atoms with Gasteiger partial charge in [-0.1, -0.05) is 15.9 Å². The number of rotatable bonds is 3. The minimum atomic E-state index is -4.67. The van der Waals surface area contributed by atoms with Crippen molar-refractivity contribution in [2.24, 2.45) is 0 Å². The molecule has 1 unspecified atom stereocenters. The maximum atomic E-state index is 8.74. The number of hydrogen-bond donors (Lipinski definition) is 2. The van der Waals surface area contributed by atoms with Crippen LogP contribution in [-0.4, -0.2) is 54.0 Å². The van der Waals surface area contributed by atoms with E-state index in [0.29, 0.717) is 4.83 Å². The van der Waals surface area contributed by atoms with Crippen LogP contribution in [0.1, 0.15) is 13.8 Å². The second kappa shape index (κ2) is 6.73. The molecule has 88 valence electrons. The van der Waals surface area contributed by atoms with Crippen LogP contribution < -0.4 is 0 Å². The Morgan fingerprint density at radius 1 is 1.36 bits per heavy atom. The average molecular weight is 293 g/mol. The van der Waals surface area contributed by atoms with Gasteiger partial charge in [-0.05, 0) is 13.8 Å². The van der Waals surface area contributed by atoms with Crippen LogP contribution in [0.15, 0.2) is 0 Å². The van der Waals surface area contributed by atoms with Crippen LogP contribution in [0.4, 0.5) is 0 Å². The Hall–Kier alpha value is 0.310. The van der Waals surface area contributed by atoms with E-state index in [4.69, 9.17) is 17.5 Å². The molecule has 5 nitrogen and oxygen atoms in total. The van der Waals surface area contributed by atoms with E-state index >= 15 is 0 Å². The van der Waals surface area contributed by atoms with E-state index in [9.17, 15) is 0 Å². The summed E-state index contributed by atoms with van der Waals surface area (Å²) in [6, 6.07) is 0. The predicted molar refractivity (Wildman–Crippen MR) is 60.1 cm³/mol. The van der Waals surface area contributed by atoms with E-state index in [1.807, 2.05) is 0 Å². The Morgan fingerprint density at radius 3 is 1.71 bits per heavy atom. The quantitative estimate of drug-likeness (QED) is 0.466. The van der Waals surface area contributed by atoms with Crippen LogP contribution in [-0.2, 0) is 10.4 Å². The fourth-order valence-electron chi connectivity index (χ4n) is 0.810. The standard InChI is InChI=1S/C7H17BrN.H2O4S/c1-5-9(3,4)6-7(2)8;1-5(2,3)4/h7H,5-6H2,1-4H3;(H2,1,2,3,4)/q+1;. The monoisotopic (exact) mass is 292 g/mol.